The number of nitrogens with zero attached hydrogens (tertiary/aromatic N) is 2. The Kier molecular flexibility index (Phi) is 3.55. The Hall–Kier alpha value is -1.75. The van der Waals surface area contributed by atoms with Crippen LogP contribution in [0.15, 0.2) is 40.9 Å². The van der Waals surface area contributed by atoms with E-state index in [1.54, 1.807) is 6.07 Å². The Balaban J connectivity index is 1.79. The van der Waals surface area contributed by atoms with E-state index in [1.807, 2.05) is 47.0 Å². The third kappa shape index (κ3) is 2.66. The maximum absolute atomic E-state index is 12.2. The monoisotopic (exact) mass is 274 g/mol. The van der Waals surface area contributed by atoms with Gasteiger partial charge in [0.15, 0.2) is 11.5 Å². The van der Waals surface area contributed by atoms with Crippen LogP contribution in [-0.2, 0) is 0 Å². The zero-order valence-corrected chi connectivity index (χ0v) is 11.2. The first-order valence-electron chi connectivity index (χ1n) is 6.24. The molecule has 1 aromatic heterocycles. The molecular weight excluding hydrogens is 260 g/mol. The molecule has 0 saturated carbocycles. The smallest absolute Gasteiger partial charge is 0.276 e. The first-order valence-corrected chi connectivity index (χ1v) is 7.39. The van der Waals surface area contributed by atoms with Crippen molar-refractivity contribution in [1.29, 1.82) is 0 Å². The van der Waals surface area contributed by atoms with Crippen LogP contribution in [-0.4, -0.2) is 40.6 Å². The Bertz CT molecular complexity index is 562. The lowest BCUT2D eigenvalue weighted by atomic mass is 10.1. The van der Waals surface area contributed by atoms with Crippen molar-refractivity contribution in [2.24, 2.45) is 0 Å². The lowest BCUT2D eigenvalue weighted by Crippen LogP contribution is -2.38. The number of benzene rings is 1. The van der Waals surface area contributed by atoms with E-state index in [0.717, 1.165) is 30.2 Å². The Morgan fingerprint density at radius 2 is 1.95 bits per heavy atom. The van der Waals surface area contributed by atoms with Crippen LogP contribution < -0.4 is 0 Å². The van der Waals surface area contributed by atoms with Gasteiger partial charge in [0.05, 0.1) is 0 Å². The quantitative estimate of drug-likeness (QED) is 0.844. The molecule has 0 aliphatic carbocycles. The minimum Gasteiger partial charge on any atom is -0.355 e. The van der Waals surface area contributed by atoms with Crippen LogP contribution in [0.2, 0.25) is 0 Å². The Morgan fingerprint density at radius 1 is 1.21 bits per heavy atom. The van der Waals surface area contributed by atoms with E-state index in [4.69, 9.17) is 4.52 Å². The third-order valence-electron chi connectivity index (χ3n) is 3.09. The van der Waals surface area contributed by atoms with Crippen molar-refractivity contribution < 1.29 is 9.32 Å². The van der Waals surface area contributed by atoms with Gasteiger partial charge < -0.3 is 9.42 Å². The molecule has 0 bridgehead atoms. The topological polar surface area (TPSA) is 46.3 Å². The average molecular weight is 274 g/mol. The average Bonchev–Trinajstić information content (AvgIpc) is 2.98. The summed E-state index contributed by atoms with van der Waals surface area (Å²) in [5, 5.41) is 3.89. The predicted octanol–water partition coefficient (Wildman–Crippen LogP) is 2.53. The molecule has 1 aliphatic heterocycles. The number of carbonyl (C=O) groups excluding carboxylic acids is 1. The van der Waals surface area contributed by atoms with Gasteiger partial charge in [-0.15, -0.1) is 0 Å². The molecule has 1 aliphatic rings. The number of hydrogen-bond acceptors (Lipinski definition) is 4. The molecule has 98 valence electrons. The zero-order valence-electron chi connectivity index (χ0n) is 10.4. The highest BCUT2D eigenvalue weighted by Crippen LogP contribution is 2.21. The minimum atomic E-state index is -0.0359. The molecule has 0 spiro atoms. The van der Waals surface area contributed by atoms with Gasteiger partial charge in [-0.25, -0.2) is 0 Å². The van der Waals surface area contributed by atoms with Gasteiger partial charge in [-0.3, -0.25) is 4.79 Å². The van der Waals surface area contributed by atoms with Gasteiger partial charge in [-0.2, -0.15) is 11.8 Å². The highest BCUT2D eigenvalue weighted by Gasteiger charge is 2.21. The largest absolute Gasteiger partial charge is 0.355 e. The van der Waals surface area contributed by atoms with Crippen molar-refractivity contribution in [2.75, 3.05) is 24.6 Å². The molecule has 3 rings (SSSR count). The molecule has 2 heterocycles. The maximum Gasteiger partial charge on any atom is 0.276 e. The van der Waals surface area contributed by atoms with Crippen LogP contribution >= 0.6 is 11.8 Å². The van der Waals surface area contributed by atoms with Crippen LogP contribution in [0.25, 0.3) is 11.3 Å². The van der Waals surface area contributed by atoms with Crippen LogP contribution in [0.1, 0.15) is 10.5 Å². The second-order valence-corrected chi connectivity index (χ2v) is 5.57. The molecule has 1 aromatic carbocycles. The van der Waals surface area contributed by atoms with E-state index in [9.17, 15) is 4.79 Å². The first kappa shape index (κ1) is 12.3. The fraction of sp³-hybridized carbons (Fsp3) is 0.286. The molecule has 0 unspecified atom stereocenters. The van der Waals surface area contributed by atoms with E-state index >= 15 is 0 Å². The van der Waals surface area contributed by atoms with E-state index < -0.39 is 0 Å². The van der Waals surface area contributed by atoms with Crippen LogP contribution in [0.4, 0.5) is 0 Å². The second-order valence-electron chi connectivity index (χ2n) is 4.35. The number of rotatable bonds is 2. The zero-order chi connectivity index (χ0) is 13.1. The van der Waals surface area contributed by atoms with Crippen molar-refractivity contribution in [2.45, 2.75) is 0 Å². The molecule has 0 atom stereocenters. The number of aromatic nitrogens is 1. The van der Waals surface area contributed by atoms with Crippen molar-refractivity contribution in [1.82, 2.24) is 10.1 Å². The second kappa shape index (κ2) is 5.48. The summed E-state index contributed by atoms with van der Waals surface area (Å²) < 4.78 is 5.26. The standard InChI is InChI=1S/C14H14N2O2S/c17-14(16-6-8-19-9-7-16)12-10-13(18-15-12)11-4-2-1-3-5-11/h1-5,10H,6-9H2. The molecular formula is C14H14N2O2S. The Labute approximate surface area is 115 Å². The number of hydrogen-bond donors (Lipinski definition) is 0. The van der Waals surface area contributed by atoms with Gasteiger partial charge in [-0.05, 0) is 0 Å². The molecule has 4 nitrogen and oxygen atoms in total. The molecule has 2 aromatic rings. The van der Waals surface area contributed by atoms with Crippen LogP contribution in [0.5, 0.6) is 0 Å². The summed E-state index contributed by atoms with van der Waals surface area (Å²) in [6, 6.07) is 11.4. The summed E-state index contributed by atoms with van der Waals surface area (Å²) in [5.74, 6) is 2.59. The summed E-state index contributed by atoms with van der Waals surface area (Å²) in [7, 11) is 0. The fourth-order valence-corrected chi connectivity index (χ4v) is 2.95. The number of carbonyl (C=O) groups is 1. The van der Waals surface area contributed by atoms with E-state index in [-0.39, 0.29) is 5.91 Å². The lowest BCUT2D eigenvalue weighted by molar-refractivity contribution is 0.0762. The third-order valence-corrected chi connectivity index (χ3v) is 4.03. The van der Waals surface area contributed by atoms with Gasteiger partial charge in [0, 0.05) is 36.2 Å². The van der Waals surface area contributed by atoms with Gasteiger partial charge in [0.1, 0.15) is 0 Å². The van der Waals surface area contributed by atoms with E-state index in [0.29, 0.717) is 11.5 Å². The molecule has 1 saturated heterocycles. The molecule has 0 radical (unpaired) electrons. The minimum absolute atomic E-state index is 0.0359. The lowest BCUT2D eigenvalue weighted by Gasteiger charge is -2.25. The summed E-state index contributed by atoms with van der Waals surface area (Å²) >= 11 is 1.88. The molecule has 0 N–H and O–H groups in total. The Morgan fingerprint density at radius 3 is 2.68 bits per heavy atom. The summed E-state index contributed by atoms with van der Waals surface area (Å²) in [5.41, 5.74) is 1.33. The SMILES string of the molecule is O=C(c1cc(-c2ccccc2)on1)N1CCSCC1. The fourth-order valence-electron chi connectivity index (χ4n) is 2.04. The van der Waals surface area contributed by atoms with E-state index in [1.165, 1.54) is 0 Å². The first-order chi connectivity index (χ1) is 9.34. The van der Waals surface area contributed by atoms with Crippen LogP contribution in [0, 0.1) is 0 Å². The molecule has 1 amide bonds. The highest BCUT2D eigenvalue weighted by atomic mass is 32.2. The molecule has 1 fully saturated rings. The van der Waals surface area contributed by atoms with Gasteiger partial charge in [-0.1, -0.05) is 35.5 Å². The number of amides is 1. The summed E-state index contributed by atoms with van der Waals surface area (Å²) in [4.78, 5) is 14.1. The van der Waals surface area contributed by atoms with Gasteiger partial charge >= 0.3 is 0 Å². The summed E-state index contributed by atoms with van der Waals surface area (Å²) in [6.45, 7) is 1.58. The van der Waals surface area contributed by atoms with Crippen molar-refractivity contribution >= 4 is 17.7 Å². The summed E-state index contributed by atoms with van der Waals surface area (Å²) in [6.07, 6.45) is 0. The normalized spacial score (nSPS) is 15.5. The van der Waals surface area contributed by atoms with Crippen molar-refractivity contribution in [3.05, 3.63) is 42.1 Å². The highest BCUT2D eigenvalue weighted by molar-refractivity contribution is 7.99. The van der Waals surface area contributed by atoms with Crippen molar-refractivity contribution in [3.63, 3.8) is 0 Å². The van der Waals surface area contributed by atoms with Gasteiger partial charge in [0.25, 0.3) is 5.91 Å². The maximum atomic E-state index is 12.2. The van der Waals surface area contributed by atoms with Crippen molar-refractivity contribution in [3.8, 4) is 11.3 Å². The van der Waals surface area contributed by atoms with Crippen LogP contribution in [0.3, 0.4) is 0 Å². The van der Waals surface area contributed by atoms with Gasteiger partial charge in [0.2, 0.25) is 0 Å². The predicted molar refractivity (Wildman–Crippen MR) is 75.2 cm³/mol. The number of thioether (sulfide) groups is 1. The molecule has 19 heavy (non-hydrogen) atoms. The molecule has 5 heteroatoms. The van der Waals surface area contributed by atoms with E-state index in [2.05, 4.69) is 5.16 Å².